The minimum Gasteiger partial charge on any atom is -0.333 e. The average Bonchev–Trinajstić information content (AvgIpc) is 3.25. The highest BCUT2D eigenvalue weighted by Crippen LogP contribution is 2.23. The van der Waals surface area contributed by atoms with Crippen molar-refractivity contribution in [1.29, 1.82) is 0 Å². The van der Waals surface area contributed by atoms with E-state index in [9.17, 15) is 8.78 Å². The summed E-state index contributed by atoms with van der Waals surface area (Å²) in [5, 5.41) is 11.7. The molecule has 0 amide bonds. The smallest absolute Gasteiger partial charge is 0.261 e. The van der Waals surface area contributed by atoms with E-state index in [1.54, 1.807) is 36.5 Å². The molecule has 118 valence electrons. The lowest BCUT2D eigenvalue weighted by molar-refractivity contribution is 0.429. The van der Waals surface area contributed by atoms with E-state index in [-0.39, 0.29) is 23.1 Å². The van der Waals surface area contributed by atoms with Crippen LogP contribution in [0.4, 0.5) is 8.78 Å². The Hall–Kier alpha value is -3.42. The van der Waals surface area contributed by atoms with Crippen molar-refractivity contribution >= 4 is 0 Å². The molecule has 2 heterocycles. The summed E-state index contributed by atoms with van der Waals surface area (Å²) >= 11 is 0. The van der Waals surface area contributed by atoms with Gasteiger partial charge in [0.15, 0.2) is 5.69 Å². The van der Waals surface area contributed by atoms with Crippen LogP contribution in [0, 0.1) is 11.6 Å². The molecule has 0 N–H and O–H groups in total. The third-order valence-corrected chi connectivity index (χ3v) is 3.34. The first-order valence-corrected chi connectivity index (χ1v) is 6.98. The van der Waals surface area contributed by atoms with E-state index in [1.165, 1.54) is 22.9 Å². The van der Waals surface area contributed by atoms with E-state index in [2.05, 4.69) is 20.5 Å². The molecule has 8 heteroatoms. The third kappa shape index (κ3) is 2.54. The summed E-state index contributed by atoms with van der Waals surface area (Å²) < 4.78 is 33.3. The predicted octanol–water partition coefficient (Wildman–Crippen LogP) is 3.26. The Kier molecular flexibility index (Phi) is 3.34. The number of rotatable bonds is 3. The van der Waals surface area contributed by atoms with Crippen LogP contribution in [0.1, 0.15) is 0 Å². The molecule has 0 spiro atoms. The average molecular weight is 325 g/mol. The Morgan fingerprint density at radius 1 is 0.958 bits per heavy atom. The van der Waals surface area contributed by atoms with Gasteiger partial charge in [-0.2, -0.15) is 4.98 Å². The first kappa shape index (κ1) is 14.2. The number of aromatic nitrogens is 5. The lowest BCUT2D eigenvalue weighted by atomic mass is 10.2. The van der Waals surface area contributed by atoms with Crippen LogP contribution in [0.3, 0.4) is 0 Å². The zero-order chi connectivity index (χ0) is 16.5. The van der Waals surface area contributed by atoms with Crippen LogP contribution in [0.15, 0.2) is 59.3 Å². The second-order valence-corrected chi connectivity index (χ2v) is 4.93. The van der Waals surface area contributed by atoms with Gasteiger partial charge in [-0.25, -0.2) is 13.5 Å². The molecule has 0 bridgehead atoms. The van der Waals surface area contributed by atoms with E-state index >= 15 is 0 Å². The number of hydrogen-bond donors (Lipinski definition) is 0. The van der Waals surface area contributed by atoms with Crippen LogP contribution in [0.2, 0.25) is 0 Å². The molecular formula is C16H9F2N5O. The van der Waals surface area contributed by atoms with Gasteiger partial charge in [-0.15, -0.1) is 5.10 Å². The second kappa shape index (κ2) is 5.65. The molecule has 4 rings (SSSR count). The third-order valence-electron chi connectivity index (χ3n) is 3.34. The van der Waals surface area contributed by atoms with Gasteiger partial charge >= 0.3 is 0 Å². The van der Waals surface area contributed by atoms with Crippen LogP contribution >= 0.6 is 0 Å². The molecule has 0 aliphatic rings. The molecule has 0 radical (unpaired) electrons. The molecule has 0 saturated heterocycles. The monoisotopic (exact) mass is 325 g/mol. The van der Waals surface area contributed by atoms with E-state index in [0.29, 0.717) is 11.4 Å². The molecule has 2 aromatic carbocycles. The first-order valence-electron chi connectivity index (χ1n) is 6.98. The summed E-state index contributed by atoms with van der Waals surface area (Å²) in [4.78, 5) is 4.14. The van der Waals surface area contributed by atoms with Crippen LogP contribution < -0.4 is 0 Å². The summed E-state index contributed by atoms with van der Waals surface area (Å²) in [5.41, 5.74) is 1.20. The van der Waals surface area contributed by atoms with Gasteiger partial charge in [-0.05, 0) is 36.4 Å². The lowest BCUT2D eigenvalue weighted by Crippen LogP contribution is -1.94. The Bertz CT molecular complexity index is 994. The van der Waals surface area contributed by atoms with Gasteiger partial charge < -0.3 is 4.52 Å². The molecule has 0 aliphatic heterocycles. The van der Waals surface area contributed by atoms with Crippen molar-refractivity contribution in [2.45, 2.75) is 0 Å². The molecule has 24 heavy (non-hydrogen) atoms. The summed E-state index contributed by atoms with van der Waals surface area (Å²) in [6.07, 6.45) is 1.57. The Morgan fingerprint density at radius 2 is 1.75 bits per heavy atom. The maximum atomic E-state index is 13.8. The highest BCUT2D eigenvalue weighted by Gasteiger charge is 2.16. The number of hydrogen-bond acceptors (Lipinski definition) is 5. The van der Waals surface area contributed by atoms with E-state index in [4.69, 9.17) is 4.52 Å². The molecule has 4 aromatic rings. The fraction of sp³-hybridized carbons (Fsp3) is 0. The molecule has 0 aliphatic carbocycles. The quantitative estimate of drug-likeness (QED) is 0.578. The van der Waals surface area contributed by atoms with Gasteiger partial charge in [0.2, 0.25) is 5.82 Å². The van der Waals surface area contributed by atoms with Crippen molar-refractivity contribution in [2.75, 3.05) is 0 Å². The van der Waals surface area contributed by atoms with Crippen molar-refractivity contribution in [3.8, 4) is 28.7 Å². The number of benzene rings is 2. The van der Waals surface area contributed by atoms with Gasteiger partial charge in [0.05, 0.1) is 17.4 Å². The zero-order valence-electron chi connectivity index (χ0n) is 12.1. The van der Waals surface area contributed by atoms with Crippen LogP contribution in [0.25, 0.3) is 28.7 Å². The van der Waals surface area contributed by atoms with E-state index in [1.807, 2.05) is 0 Å². The van der Waals surface area contributed by atoms with Crippen molar-refractivity contribution < 1.29 is 13.3 Å². The van der Waals surface area contributed by atoms with Gasteiger partial charge in [0.1, 0.15) is 11.6 Å². The van der Waals surface area contributed by atoms with E-state index in [0.717, 1.165) is 0 Å². The molecule has 0 fully saturated rings. The van der Waals surface area contributed by atoms with Crippen molar-refractivity contribution in [3.05, 3.63) is 66.4 Å². The summed E-state index contributed by atoms with van der Waals surface area (Å²) in [6.45, 7) is 0. The molecule has 0 saturated carbocycles. The van der Waals surface area contributed by atoms with Gasteiger partial charge in [0, 0.05) is 0 Å². The van der Waals surface area contributed by atoms with Crippen molar-refractivity contribution in [3.63, 3.8) is 0 Å². The Balaban J connectivity index is 1.66. The summed E-state index contributed by atoms with van der Waals surface area (Å²) in [5.74, 6) is -0.560. The summed E-state index contributed by atoms with van der Waals surface area (Å²) in [7, 11) is 0. The van der Waals surface area contributed by atoms with Crippen molar-refractivity contribution in [1.82, 2.24) is 25.1 Å². The fourth-order valence-corrected chi connectivity index (χ4v) is 2.16. The highest BCUT2D eigenvalue weighted by atomic mass is 19.1. The minimum atomic E-state index is -0.456. The largest absolute Gasteiger partial charge is 0.333 e. The molecular weight excluding hydrogens is 316 g/mol. The molecule has 2 aromatic heterocycles. The van der Waals surface area contributed by atoms with Crippen molar-refractivity contribution in [2.24, 2.45) is 0 Å². The lowest BCUT2D eigenvalue weighted by Gasteiger charge is -1.97. The predicted molar refractivity (Wildman–Crippen MR) is 80.0 cm³/mol. The number of nitrogens with zero attached hydrogens (tertiary/aromatic N) is 5. The molecule has 0 atom stereocenters. The highest BCUT2D eigenvalue weighted by molar-refractivity contribution is 5.57. The van der Waals surface area contributed by atoms with Gasteiger partial charge in [-0.1, -0.05) is 22.5 Å². The number of halogens is 2. The molecule has 0 unspecified atom stereocenters. The normalized spacial score (nSPS) is 10.9. The van der Waals surface area contributed by atoms with Crippen LogP contribution in [0.5, 0.6) is 0 Å². The maximum absolute atomic E-state index is 13.8. The van der Waals surface area contributed by atoms with Gasteiger partial charge in [0.25, 0.3) is 5.89 Å². The van der Waals surface area contributed by atoms with Crippen LogP contribution in [-0.2, 0) is 0 Å². The zero-order valence-corrected chi connectivity index (χ0v) is 12.1. The maximum Gasteiger partial charge on any atom is 0.261 e. The minimum absolute atomic E-state index is 0.0550. The standard InChI is InChI=1S/C16H9F2N5O/c17-10-5-7-11(8-6-10)23-9-14(20-22-23)15-19-16(24-21-15)12-3-1-2-4-13(12)18/h1-9H. The van der Waals surface area contributed by atoms with Gasteiger partial charge in [-0.3, -0.25) is 0 Å². The SMILES string of the molecule is Fc1ccc(-n2cc(-c3noc(-c4ccccc4F)n3)nn2)cc1. The van der Waals surface area contributed by atoms with E-state index < -0.39 is 5.82 Å². The molecule has 6 nitrogen and oxygen atoms in total. The Morgan fingerprint density at radius 3 is 2.54 bits per heavy atom. The van der Waals surface area contributed by atoms with Crippen LogP contribution in [-0.4, -0.2) is 25.1 Å². The fourth-order valence-electron chi connectivity index (χ4n) is 2.16. The second-order valence-electron chi connectivity index (χ2n) is 4.93. The summed E-state index contributed by atoms with van der Waals surface area (Å²) in [6, 6.07) is 11.9. The Labute approximate surface area is 134 Å². The first-order chi connectivity index (χ1) is 11.7. The topological polar surface area (TPSA) is 69.6 Å².